The molecule has 6 heteroatoms. The normalized spacial score (nSPS) is 22.6. The number of nitrogens with zero attached hydrogens (tertiary/aromatic N) is 2. The van der Waals surface area contributed by atoms with Gasteiger partial charge in [-0.25, -0.2) is 9.78 Å². The van der Waals surface area contributed by atoms with Crippen molar-refractivity contribution in [2.75, 3.05) is 30.3 Å². The lowest BCUT2D eigenvalue weighted by Crippen LogP contribution is -2.46. The van der Waals surface area contributed by atoms with E-state index in [2.05, 4.69) is 4.98 Å². The predicted molar refractivity (Wildman–Crippen MR) is 76.8 cm³/mol. The molecule has 0 aromatic carbocycles. The number of hydrogen-bond acceptors (Lipinski definition) is 6. The summed E-state index contributed by atoms with van der Waals surface area (Å²) in [5.41, 5.74) is 6.59. The zero-order chi connectivity index (χ0) is 14.7. The van der Waals surface area contributed by atoms with Crippen molar-refractivity contribution in [1.29, 1.82) is 0 Å². The van der Waals surface area contributed by atoms with E-state index in [1.165, 1.54) is 0 Å². The van der Waals surface area contributed by atoms with Crippen LogP contribution in [0.3, 0.4) is 0 Å². The zero-order valence-corrected chi connectivity index (χ0v) is 12.1. The summed E-state index contributed by atoms with van der Waals surface area (Å²) >= 11 is 0. The largest absolute Gasteiger partial charge is 0.462 e. The Balaban J connectivity index is 2.32. The van der Waals surface area contributed by atoms with Gasteiger partial charge in [-0.05, 0) is 26.8 Å². The van der Waals surface area contributed by atoms with Gasteiger partial charge >= 0.3 is 5.97 Å². The standard InChI is InChI=1S/C14H21N3O3/c1-4-19-14(18)12-5-11(15)6-16-13(12)17-7-9(2)20-10(3)8-17/h5-6,9-10H,4,7-8,15H2,1-3H3. The van der Waals surface area contributed by atoms with Crippen LogP contribution in [0.4, 0.5) is 11.5 Å². The summed E-state index contributed by atoms with van der Waals surface area (Å²) in [7, 11) is 0. The Kier molecular flexibility index (Phi) is 4.44. The summed E-state index contributed by atoms with van der Waals surface area (Å²) in [6.45, 7) is 7.48. The quantitative estimate of drug-likeness (QED) is 0.844. The molecule has 0 aliphatic carbocycles. The maximum absolute atomic E-state index is 12.0. The molecule has 1 aromatic rings. The van der Waals surface area contributed by atoms with Gasteiger partial charge in [0.1, 0.15) is 11.4 Å². The first kappa shape index (κ1) is 14.6. The molecule has 2 heterocycles. The molecule has 2 atom stereocenters. The number of nitrogens with two attached hydrogens (primary N) is 1. The predicted octanol–water partition coefficient (Wildman–Crippen LogP) is 1.45. The molecule has 1 aromatic heterocycles. The first-order valence-electron chi connectivity index (χ1n) is 6.84. The van der Waals surface area contributed by atoms with E-state index in [0.29, 0.717) is 36.8 Å². The van der Waals surface area contributed by atoms with Crippen LogP contribution < -0.4 is 10.6 Å². The summed E-state index contributed by atoms with van der Waals surface area (Å²) in [5, 5.41) is 0. The van der Waals surface area contributed by atoms with Crippen LogP contribution in [0.2, 0.25) is 0 Å². The smallest absolute Gasteiger partial charge is 0.341 e. The fraction of sp³-hybridized carbons (Fsp3) is 0.571. The first-order chi connectivity index (χ1) is 9.51. The Labute approximate surface area is 118 Å². The lowest BCUT2D eigenvalue weighted by Gasteiger charge is -2.36. The van der Waals surface area contributed by atoms with Crippen molar-refractivity contribution in [1.82, 2.24) is 4.98 Å². The van der Waals surface area contributed by atoms with E-state index in [1.54, 1.807) is 19.2 Å². The van der Waals surface area contributed by atoms with E-state index in [4.69, 9.17) is 15.2 Å². The number of hydrogen-bond donors (Lipinski definition) is 1. The summed E-state index contributed by atoms with van der Waals surface area (Å²) in [5.74, 6) is 0.216. The van der Waals surface area contributed by atoms with Crippen LogP contribution in [0.25, 0.3) is 0 Å². The Bertz CT molecular complexity index is 483. The fourth-order valence-electron chi connectivity index (χ4n) is 2.44. The number of nitrogen functional groups attached to an aromatic ring is 1. The van der Waals surface area contributed by atoms with Crippen LogP contribution in [-0.4, -0.2) is 42.9 Å². The average molecular weight is 279 g/mol. The summed E-state index contributed by atoms with van der Waals surface area (Å²) < 4.78 is 10.8. The molecule has 1 fully saturated rings. The highest BCUT2D eigenvalue weighted by molar-refractivity contribution is 5.95. The van der Waals surface area contributed by atoms with Crippen molar-refractivity contribution >= 4 is 17.5 Å². The third-order valence-corrected chi connectivity index (χ3v) is 3.10. The summed E-state index contributed by atoms with van der Waals surface area (Å²) in [6.07, 6.45) is 1.74. The number of ether oxygens (including phenoxy) is 2. The molecule has 1 saturated heterocycles. The van der Waals surface area contributed by atoms with Crippen molar-refractivity contribution in [3.05, 3.63) is 17.8 Å². The van der Waals surface area contributed by atoms with E-state index in [-0.39, 0.29) is 12.2 Å². The number of carbonyl (C=O) groups excluding carboxylic acids is 1. The highest BCUT2D eigenvalue weighted by atomic mass is 16.5. The summed E-state index contributed by atoms with van der Waals surface area (Å²) in [6, 6.07) is 1.62. The zero-order valence-electron chi connectivity index (χ0n) is 12.1. The molecule has 6 nitrogen and oxygen atoms in total. The van der Waals surface area contributed by atoms with Crippen LogP contribution in [0.15, 0.2) is 12.3 Å². The minimum atomic E-state index is -0.394. The van der Waals surface area contributed by atoms with E-state index < -0.39 is 5.97 Å². The van der Waals surface area contributed by atoms with Gasteiger partial charge in [0.15, 0.2) is 0 Å². The van der Waals surface area contributed by atoms with Crippen molar-refractivity contribution < 1.29 is 14.3 Å². The molecule has 1 aliphatic rings. The van der Waals surface area contributed by atoms with Gasteiger partial charge < -0.3 is 20.1 Å². The Hall–Kier alpha value is -1.82. The molecule has 0 spiro atoms. The topological polar surface area (TPSA) is 77.7 Å². The van der Waals surface area contributed by atoms with Crippen LogP contribution in [0, 0.1) is 0 Å². The number of anilines is 2. The van der Waals surface area contributed by atoms with Gasteiger partial charge in [-0.3, -0.25) is 0 Å². The lowest BCUT2D eigenvalue weighted by atomic mass is 10.1. The number of pyridine rings is 1. The molecule has 110 valence electrons. The first-order valence-corrected chi connectivity index (χ1v) is 6.84. The Morgan fingerprint density at radius 1 is 1.50 bits per heavy atom. The molecule has 2 unspecified atom stereocenters. The van der Waals surface area contributed by atoms with Gasteiger partial charge in [-0.1, -0.05) is 0 Å². The second kappa shape index (κ2) is 6.09. The molecule has 20 heavy (non-hydrogen) atoms. The number of rotatable bonds is 3. The highest BCUT2D eigenvalue weighted by Gasteiger charge is 2.27. The van der Waals surface area contributed by atoms with Gasteiger partial charge in [0.25, 0.3) is 0 Å². The number of morpholine rings is 1. The SMILES string of the molecule is CCOC(=O)c1cc(N)cnc1N1CC(C)OC(C)C1. The van der Waals surface area contributed by atoms with Gasteiger partial charge in [0.2, 0.25) is 0 Å². The maximum atomic E-state index is 12.0. The Morgan fingerprint density at radius 3 is 2.75 bits per heavy atom. The maximum Gasteiger partial charge on any atom is 0.341 e. The minimum Gasteiger partial charge on any atom is -0.462 e. The van der Waals surface area contributed by atoms with E-state index >= 15 is 0 Å². The fourth-order valence-corrected chi connectivity index (χ4v) is 2.44. The van der Waals surface area contributed by atoms with Gasteiger partial charge in [0, 0.05) is 13.1 Å². The molecule has 0 radical (unpaired) electrons. The lowest BCUT2D eigenvalue weighted by molar-refractivity contribution is -0.00560. The Morgan fingerprint density at radius 2 is 2.15 bits per heavy atom. The molecule has 0 amide bonds. The van der Waals surface area contributed by atoms with Crippen molar-refractivity contribution in [2.45, 2.75) is 33.0 Å². The molecule has 0 bridgehead atoms. The number of carbonyl (C=O) groups is 1. The van der Waals surface area contributed by atoms with Crippen molar-refractivity contribution in [3.63, 3.8) is 0 Å². The second-order valence-corrected chi connectivity index (χ2v) is 5.02. The minimum absolute atomic E-state index is 0.0909. The van der Waals surface area contributed by atoms with Crippen LogP contribution >= 0.6 is 0 Å². The van der Waals surface area contributed by atoms with Gasteiger partial charge in [0.05, 0.1) is 30.7 Å². The number of esters is 1. The van der Waals surface area contributed by atoms with Crippen LogP contribution in [0.1, 0.15) is 31.1 Å². The van der Waals surface area contributed by atoms with E-state index in [0.717, 1.165) is 0 Å². The van der Waals surface area contributed by atoms with Crippen molar-refractivity contribution in [2.24, 2.45) is 0 Å². The molecule has 2 rings (SSSR count). The molecular formula is C14H21N3O3. The van der Waals surface area contributed by atoms with Crippen LogP contribution in [0.5, 0.6) is 0 Å². The average Bonchev–Trinajstić information content (AvgIpc) is 2.37. The van der Waals surface area contributed by atoms with Gasteiger partial charge in [-0.15, -0.1) is 0 Å². The van der Waals surface area contributed by atoms with Gasteiger partial charge in [-0.2, -0.15) is 0 Å². The molecule has 2 N–H and O–H groups in total. The third-order valence-electron chi connectivity index (χ3n) is 3.10. The monoisotopic (exact) mass is 279 g/mol. The van der Waals surface area contributed by atoms with Crippen LogP contribution in [-0.2, 0) is 9.47 Å². The molecule has 1 aliphatic heterocycles. The second-order valence-electron chi connectivity index (χ2n) is 5.02. The number of aromatic nitrogens is 1. The molecule has 0 saturated carbocycles. The third kappa shape index (κ3) is 3.19. The van der Waals surface area contributed by atoms with E-state index in [9.17, 15) is 4.79 Å². The van der Waals surface area contributed by atoms with E-state index in [1.807, 2.05) is 18.7 Å². The molecular weight excluding hydrogens is 258 g/mol. The summed E-state index contributed by atoms with van der Waals surface area (Å²) in [4.78, 5) is 18.4. The highest BCUT2D eigenvalue weighted by Crippen LogP contribution is 2.24. The van der Waals surface area contributed by atoms with Crippen molar-refractivity contribution in [3.8, 4) is 0 Å².